The molecular formula is C17H30N2. The van der Waals surface area contributed by atoms with Gasteiger partial charge in [-0.05, 0) is 57.1 Å². The van der Waals surface area contributed by atoms with Crippen LogP contribution in [-0.4, -0.2) is 32.1 Å². The highest BCUT2D eigenvalue weighted by Crippen LogP contribution is 2.19. The maximum atomic E-state index is 3.61. The molecule has 2 nitrogen and oxygen atoms in total. The maximum Gasteiger partial charge on any atom is 0.0332 e. The fourth-order valence-electron chi connectivity index (χ4n) is 2.43. The second kappa shape index (κ2) is 8.34. The Bertz CT molecular complexity index is 358. The van der Waals surface area contributed by atoms with Crippen LogP contribution in [0.4, 0.5) is 0 Å². The molecule has 0 aliphatic rings. The normalized spacial score (nSPS) is 13.2. The van der Waals surface area contributed by atoms with E-state index in [2.05, 4.69) is 69.3 Å². The summed E-state index contributed by atoms with van der Waals surface area (Å²) in [6.45, 7) is 8.88. The van der Waals surface area contributed by atoms with Gasteiger partial charge in [0.2, 0.25) is 0 Å². The summed E-state index contributed by atoms with van der Waals surface area (Å²) in [5.74, 6) is 0.717. The zero-order chi connectivity index (χ0) is 14.3. The van der Waals surface area contributed by atoms with Crippen LogP contribution >= 0.6 is 0 Å². The molecule has 2 heteroatoms. The van der Waals surface area contributed by atoms with Crippen molar-refractivity contribution in [2.24, 2.45) is 5.92 Å². The van der Waals surface area contributed by atoms with Crippen LogP contribution in [0.1, 0.15) is 44.4 Å². The van der Waals surface area contributed by atoms with Gasteiger partial charge in [0.15, 0.2) is 0 Å². The minimum absolute atomic E-state index is 0.472. The second-order valence-corrected chi connectivity index (χ2v) is 6.05. The highest BCUT2D eigenvalue weighted by atomic mass is 15.1. The summed E-state index contributed by atoms with van der Waals surface area (Å²) < 4.78 is 0. The quantitative estimate of drug-likeness (QED) is 0.771. The average Bonchev–Trinajstić information content (AvgIpc) is 2.33. The molecule has 0 spiro atoms. The van der Waals surface area contributed by atoms with Crippen molar-refractivity contribution >= 4 is 0 Å². The standard InChI is InChI=1S/C17H30N2/c1-6-18-17(10-11-19(4)5)16-9-7-8-15(13-16)12-14(2)3/h7-9,13-14,17-18H,6,10-12H2,1-5H3. The Morgan fingerprint density at radius 2 is 1.95 bits per heavy atom. The Kier molecular flexibility index (Phi) is 7.11. The molecule has 1 N–H and O–H groups in total. The highest BCUT2D eigenvalue weighted by Gasteiger charge is 2.11. The Balaban J connectivity index is 2.76. The molecule has 0 fully saturated rings. The SMILES string of the molecule is CCNC(CCN(C)C)c1cccc(CC(C)C)c1. The first-order valence-corrected chi connectivity index (χ1v) is 7.49. The van der Waals surface area contributed by atoms with E-state index in [1.165, 1.54) is 17.5 Å². The molecule has 0 aliphatic carbocycles. The minimum atomic E-state index is 0.472. The van der Waals surface area contributed by atoms with Crippen molar-refractivity contribution < 1.29 is 0 Å². The number of hydrogen-bond acceptors (Lipinski definition) is 2. The fourth-order valence-corrected chi connectivity index (χ4v) is 2.43. The molecule has 0 aliphatic heterocycles. The molecule has 0 radical (unpaired) electrons. The summed E-state index contributed by atoms with van der Waals surface area (Å²) in [5.41, 5.74) is 2.89. The highest BCUT2D eigenvalue weighted by molar-refractivity contribution is 5.26. The van der Waals surface area contributed by atoms with Crippen LogP contribution in [0.2, 0.25) is 0 Å². The van der Waals surface area contributed by atoms with Crippen LogP contribution in [0, 0.1) is 5.92 Å². The summed E-state index contributed by atoms with van der Waals surface area (Å²) in [5, 5.41) is 3.61. The summed E-state index contributed by atoms with van der Waals surface area (Å²) in [4.78, 5) is 2.25. The number of nitrogens with one attached hydrogen (secondary N) is 1. The molecule has 0 amide bonds. The van der Waals surface area contributed by atoms with Crippen molar-refractivity contribution in [2.45, 2.75) is 39.7 Å². The number of hydrogen-bond donors (Lipinski definition) is 1. The molecule has 0 bridgehead atoms. The Morgan fingerprint density at radius 3 is 2.53 bits per heavy atom. The summed E-state index contributed by atoms with van der Waals surface area (Å²) >= 11 is 0. The van der Waals surface area contributed by atoms with E-state index in [1.807, 2.05) is 0 Å². The Hall–Kier alpha value is -0.860. The van der Waals surface area contributed by atoms with Crippen LogP contribution in [0.3, 0.4) is 0 Å². The molecule has 1 unspecified atom stereocenters. The third kappa shape index (κ3) is 6.22. The van der Waals surface area contributed by atoms with Crippen molar-refractivity contribution in [3.05, 3.63) is 35.4 Å². The first-order chi connectivity index (χ1) is 9.02. The lowest BCUT2D eigenvalue weighted by atomic mass is 9.97. The monoisotopic (exact) mass is 262 g/mol. The van der Waals surface area contributed by atoms with E-state index >= 15 is 0 Å². The third-order valence-electron chi connectivity index (χ3n) is 3.31. The van der Waals surface area contributed by atoms with Crippen LogP contribution in [0.15, 0.2) is 24.3 Å². The lowest BCUT2D eigenvalue weighted by molar-refractivity contribution is 0.363. The van der Waals surface area contributed by atoms with Crippen molar-refractivity contribution in [1.29, 1.82) is 0 Å². The van der Waals surface area contributed by atoms with E-state index in [0.717, 1.165) is 25.4 Å². The molecule has 0 aromatic heterocycles. The number of benzene rings is 1. The minimum Gasteiger partial charge on any atom is -0.310 e. The van der Waals surface area contributed by atoms with E-state index in [9.17, 15) is 0 Å². The lowest BCUT2D eigenvalue weighted by Gasteiger charge is -2.21. The lowest BCUT2D eigenvalue weighted by Crippen LogP contribution is -2.25. The van der Waals surface area contributed by atoms with Crippen molar-refractivity contribution in [3.63, 3.8) is 0 Å². The van der Waals surface area contributed by atoms with Gasteiger partial charge in [-0.25, -0.2) is 0 Å². The smallest absolute Gasteiger partial charge is 0.0332 e. The van der Waals surface area contributed by atoms with Gasteiger partial charge in [-0.1, -0.05) is 45.0 Å². The topological polar surface area (TPSA) is 15.3 Å². The average molecular weight is 262 g/mol. The van der Waals surface area contributed by atoms with E-state index in [-0.39, 0.29) is 0 Å². The van der Waals surface area contributed by atoms with Gasteiger partial charge in [0.05, 0.1) is 0 Å². The molecule has 0 saturated heterocycles. The fraction of sp³-hybridized carbons (Fsp3) is 0.647. The van der Waals surface area contributed by atoms with Crippen LogP contribution in [0.25, 0.3) is 0 Å². The summed E-state index contributed by atoms with van der Waals surface area (Å²) in [6, 6.07) is 9.56. The molecule has 0 saturated carbocycles. The predicted octanol–water partition coefficient (Wildman–Crippen LogP) is 3.49. The van der Waals surface area contributed by atoms with Crippen LogP contribution in [-0.2, 0) is 6.42 Å². The van der Waals surface area contributed by atoms with Crippen LogP contribution < -0.4 is 5.32 Å². The molecule has 108 valence electrons. The Morgan fingerprint density at radius 1 is 1.21 bits per heavy atom. The van der Waals surface area contributed by atoms with Crippen molar-refractivity contribution in [1.82, 2.24) is 10.2 Å². The van der Waals surface area contributed by atoms with E-state index in [4.69, 9.17) is 0 Å². The van der Waals surface area contributed by atoms with Crippen LogP contribution in [0.5, 0.6) is 0 Å². The molecule has 0 heterocycles. The first kappa shape index (κ1) is 16.2. The maximum absolute atomic E-state index is 3.61. The van der Waals surface area contributed by atoms with Crippen molar-refractivity contribution in [2.75, 3.05) is 27.2 Å². The van der Waals surface area contributed by atoms with Crippen molar-refractivity contribution in [3.8, 4) is 0 Å². The van der Waals surface area contributed by atoms with Gasteiger partial charge in [-0.15, -0.1) is 0 Å². The number of nitrogens with zero attached hydrogens (tertiary/aromatic N) is 1. The molecule has 1 rings (SSSR count). The summed E-state index contributed by atoms with van der Waals surface area (Å²) in [7, 11) is 4.27. The molecule has 1 aromatic carbocycles. The zero-order valence-electron chi connectivity index (χ0n) is 13.2. The van der Waals surface area contributed by atoms with E-state index in [1.54, 1.807) is 0 Å². The molecule has 19 heavy (non-hydrogen) atoms. The van der Waals surface area contributed by atoms with Gasteiger partial charge >= 0.3 is 0 Å². The summed E-state index contributed by atoms with van der Waals surface area (Å²) in [6.07, 6.45) is 2.33. The van der Waals surface area contributed by atoms with E-state index in [0.29, 0.717) is 6.04 Å². The second-order valence-electron chi connectivity index (χ2n) is 6.05. The predicted molar refractivity (Wildman–Crippen MR) is 84.6 cm³/mol. The van der Waals surface area contributed by atoms with Gasteiger partial charge < -0.3 is 10.2 Å². The van der Waals surface area contributed by atoms with Gasteiger partial charge in [0, 0.05) is 6.04 Å². The first-order valence-electron chi connectivity index (χ1n) is 7.49. The molecular weight excluding hydrogens is 232 g/mol. The number of rotatable bonds is 8. The van der Waals surface area contributed by atoms with E-state index < -0.39 is 0 Å². The molecule has 1 aromatic rings. The van der Waals surface area contributed by atoms with Gasteiger partial charge in [0.1, 0.15) is 0 Å². The largest absolute Gasteiger partial charge is 0.310 e. The van der Waals surface area contributed by atoms with Gasteiger partial charge in [-0.3, -0.25) is 0 Å². The van der Waals surface area contributed by atoms with Gasteiger partial charge in [0.25, 0.3) is 0 Å². The third-order valence-corrected chi connectivity index (χ3v) is 3.31. The molecule has 1 atom stereocenters. The van der Waals surface area contributed by atoms with Gasteiger partial charge in [-0.2, -0.15) is 0 Å². The Labute approximate surface area is 119 Å². The zero-order valence-corrected chi connectivity index (χ0v) is 13.2.